The monoisotopic (exact) mass is 1050 g/mol. The maximum absolute atomic E-state index is 12.9. The Morgan fingerprint density at radius 1 is 0.267 bits per heavy atom. The molecule has 0 amide bonds. The van der Waals surface area contributed by atoms with Crippen molar-refractivity contribution in [3.8, 4) is 0 Å². The van der Waals surface area contributed by atoms with Crippen LogP contribution in [-0.2, 0) is 28.6 Å². The molecule has 0 spiro atoms. The van der Waals surface area contributed by atoms with Crippen molar-refractivity contribution in [1.82, 2.24) is 0 Å². The van der Waals surface area contributed by atoms with Gasteiger partial charge in [-0.2, -0.15) is 0 Å². The third-order valence-electron chi connectivity index (χ3n) is 14.2. The number of unbranched alkanes of at least 4 members (excludes halogenated alkanes) is 36. The lowest BCUT2D eigenvalue weighted by Crippen LogP contribution is -2.30. The number of ether oxygens (including phenoxy) is 3. The Kier molecular flexibility index (Phi) is 60.7. The van der Waals surface area contributed by atoms with Crippen LogP contribution >= 0.6 is 0 Å². The zero-order valence-corrected chi connectivity index (χ0v) is 49.8. The molecule has 0 aromatic heterocycles. The van der Waals surface area contributed by atoms with Crippen molar-refractivity contribution in [2.45, 2.75) is 335 Å². The van der Waals surface area contributed by atoms with E-state index in [9.17, 15) is 14.4 Å². The van der Waals surface area contributed by atoms with Gasteiger partial charge in [-0.05, 0) is 116 Å². The van der Waals surface area contributed by atoms with Gasteiger partial charge in [0.1, 0.15) is 13.2 Å². The van der Waals surface area contributed by atoms with Crippen molar-refractivity contribution < 1.29 is 28.6 Å². The Balaban J connectivity index is 4.42. The molecule has 0 N–H and O–H groups in total. The molecule has 0 bridgehead atoms. The SMILES string of the molecule is CCCCC/C=C\C/C=C\C/C=C\C/C=C\CCCCCC(=O)OC(COC(=O)CCCCCCCCCCC/C=C\CCCCCCCC)COC(=O)CCCCCCCCCCC/C=C\CCCCCCCC. The third-order valence-corrected chi connectivity index (χ3v) is 14.2. The van der Waals surface area contributed by atoms with Gasteiger partial charge in [-0.1, -0.05) is 267 Å². The summed E-state index contributed by atoms with van der Waals surface area (Å²) in [6.07, 6.45) is 81.9. The van der Waals surface area contributed by atoms with Crippen molar-refractivity contribution in [2.24, 2.45) is 0 Å². The molecule has 0 radical (unpaired) electrons. The Bertz CT molecular complexity index is 1320. The van der Waals surface area contributed by atoms with Crippen LogP contribution in [0.5, 0.6) is 0 Å². The van der Waals surface area contributed by atoms with E-state index in [1.54, 1.807) is 0 Å². The Labute approximate surface area is 465 Å². The fourth-order valence-corrected chi connectivity index (χ4v) is 9.24. The standard InChI is InChI=1S/C69H122O6/c1-4-7-10-13-16-19-22-25-28-31-34-37-40-43-46-49-52-55-58-61-67(70)73-64-66(75-69(72)63-60-57-54-51-48-45-42-39-36-33-30-27-24-21-18-15-12-9-6-3)65-74-68(71)62-59-56-53-50-47-44-41-38-35-32-29-26-23-20-17-14-11-8-5-2/h18,21,25-30,36,39,45,48,66H,4-17,19-20,22-24,31-35,37-38,40-44,46-47,49-65H2,1-3H3/b21-18-,28-25-,29-26-,30-27-,39-36-,48-45-. The number of carbonyl (C=O) groups excluding carboxylic acids is 3. The molecule has 0 aliphatic heterocycles. The van der Waals surface area contributed by atoms with E-state index in [-0.39, 0.29) is 31.1 Å². The first kappa shape index (κ1) is 71.8. The predicted octanol–water partition coefficient (Wildman–Crippen LogP) is 22.1. The molecular formula is C69H122O6. The van der Waals surface area contributed by atoms with Crippen LogP contribution in [0.1, 0.15) is 329 Å². The zero-order chi connectivity index (χ0) is 54.3. The lowest BCUT2D eigenvalue weighted by atomic mass is 10.1. The Morgan fingerprint density at radius 2 is 0.480 bits per heavy atom. The van der Waals surface area contributed by atoms with Crippen molar-refractivity contribution in [1.29, 1.82) is 0 Å². The first-order valence-electron chi connectivity index (χ1n) is 32.4. The first-order chi connectivity index (χ1) is 37.0. The van der Waals surface area contributed by atoms with Crippen LogP contribution in [0.15, 0.2) is 72.9 Å². The number of rotatable bonds is 59. The Hall–Kier alpha value is -3.15. The van der Waals surface area contributed by atoms with Gasteiger partial charge in [0.05, 0.1) is 0 Å². The summed E-state index contributed by atoms with van der Waals surface area (Å²) < 4.78 is 16.9. The summed E-state index contributed by atoms with van der Waals surface area (Å²) >= 11 is 0. The zero-order valence-electron chi connectivity index (χ0n) is 49.8. The van der Waals surface area contributed by atoms with E-state index < -0.39 is 6.10 Å². The molecule has 75 heavy (non-hydrogen) atoms. The second-order valence-electron chi connectivity index (χ2n) is 21.7. The van der Waals surface area contributed by atoms with Gasteiger partial charge in [0, 0.05) is 19.3 Å². The molecule has 0 saturated carbocycles. The molecule has 0 rings (SSSR count). The van der Waals surface area contributed by atoms with Crippen LogP contribution in [0.2, 0.25) is 0 Å². The summed E-state index contributed by atoms with van der Waals surface area (Å²) in [7, 11) is 0. The highest BCUT2D eigenvalue weighted by Gasteiger charge is 2.19. The van der Waals surface area contributed by atoms with E-state index in [1.807, 2.05) is 0 Å². The molecule has 0 aliphatic carbocycles. The maximum Gasteiger partial charge on any atom is 0.306 e. The second kappa shape index (κ2) is 63.4. The highest BCUT2D eigenvalue weighted by atomic mass is 16.6. The van der Waals surface area contributed by atoms with Gasteiger partial charge in [-0.25, -0.2) is 0 Å². The quantitative estimate of drug-likeness (QED) is 0.0261. The summed E-state index contributed by atoms with van der Waals surface area (Å²) in [6.45, 7) is 6.61. The summed E-state index contributed by atoms with van der Waals surface area (Å²) in [5, 5.41) is 0. The van der Waals surface area contributed by atoms with Crippen LogP contribution in [0, 0.1) is 0 Å². The number of carbonyl (C=O) groups is 3. The molecule has 6 heteroatoms. The topological polar surface area (TPSA) is 78.9 Å². The van der Waals surface area contributed by atoms with Crippen LogP contribution < -0.4 is 0 Å². The fraction of sp³-hybridized carbons (Fsp3) is 0.783. The van der Waals surface area contributed by atoms with Crippen molar-refractivity contribution in [3.05, 3.63) is 72.9 Å². The second-order valence-corrected chi connectivity index (χ2v) is 21.7. The van der Waals surface area contributed by atoms with E-state index in [2.05, 4.69) is 93.7 Å². The number of hydrogen-bond donors (Lipinski definition) is 0. The van der Waals surface area contributed by atoms with E-state index in [1.165, 1.54) is 205 Å². The highest BCUT2D eigenvalue weighted by Crippen LogP contribution is 2.16. The first-order valence-corrected chi connectivity index (χ1v) is 32.4. The van der Waals surface area contributed by atoms with Gasteiger partial charge in [-0.15, -0.1) is 0 Å². The normalized spacial score (nSPS) is 12.2. The van der Waals surface area contributed by atoms with E-state index in [0.717, 1.165) is 83.5 Å². The lowest BCUT2D eigenvalue weighted by Gasteiger charge is -2.18. The van der Waals surface area contributed by atoms with Crippen molar-refractivity contribution in [2.75, 3.05) is 13.2 Å². The molecule has 0 aromatic rings. The third kappa shape index (κ3) is 61.6. The Morgan fingerprint density at radius 3 is 0.800 bits per heavy atom. The summed E-state index contributed by atoms with van der Waals surface area (Å²) in [5.41, 5.74) is 0. The van der Waals surface area contributed by atoms with Gasteiger partial charge >= 0.3 is 17.9 Å². The molecule has 6 nitrogen and oxygen atoms in total. The van der Waals surface area contributed by atoms with Gasteiger partial charge in [-0.3, -0.25) is 14.4 Å². The number of allylic oxidation sites excluding steroid dienone is 12. The maximum atomic E-state index is 12.9. The molecule has 434 valence electrons. The van der Waals surface area contributed by atoms with Crippen LogP contribution in [0.25, 0.3) is 0 Å². The van der Waals surface area contributed by atoms with Crippen LogP contribution in [0.4, 0.5) is 0 Å². The van der Waals surface area contributed by atoms with Gasteiger partial charge < -0.3 is 14.2 Å². The number of hydrogen-bond acceptors (Lipinski definition) is 6. The van der Waals surface area contributed by atoms with E-state index in [0.29, 0.717) is 19.3 Å². The van der Waals surface area contributed by atoms with Gasteiger partial charge in [0.15, 0.2) is 6.10 Å². The molecule has 0 atom stereocenters. The van der Waals surface area contributed by atoms with Gasteiger partial charge in [0.25, 0.3) is 0 Å². The van der Waals surface area contributed by atoms with E-state index >= 15 is 0 Å². The summed E-state index contributed by atoms with van der Waals surface area (Å²) in [4.78, 5) is 38.3. The molecular weight excluding hydrogens is 925 g/mol. The molecule has 0 aromatic carbocycles. The average molecular weight is 1050 g/mol. The minimum Gasteiger partial charge on any atom is -0.462 e. The minimum absolute atomic E-state index is 0.0885. The molecule has 0 aliphatic rings. The van der Waals surface area contributed by atoms with Crippen LogP contribution in [0.3, 0.4) is 0 Å². The van der Waals surface area contributed by atoms with Crippen molar-refractivity contribution >= 4 is 17.9 Å². The molecule has 0 heterocycles. The van der Waals surface area contributed by atoms with Crippen molar-refractivity contribution in [3.63, 3.8) is 0 Å². The smallest absolute Gasteiger partial charge is 0.306 e. The number of esters is 3. The van der Waals surface area contributed by atoms with Crippen LogP contribution in [-0.4, -0.2) is 37.2 Å². The molecule has 0 saturated heterocycles. The summed E-state index contributed by atoms with van der Waals surface area (Å²) in [5.74, 6) is -0.908. The summed E-state index contributed by atoms with van der Waals surface area (Å²) in [6, 6.07) is 0. The highest BCUT2D eigenvalue weighted by molar-refractivity contribution is 5.71. The predicted molar refractivity (Wildman–Crippen MR) is 325 cm³/mol. The van der Waals surface area contributed by atoms with Gasteiger partial charge in [0.2, 0.25) is 0 Å². The lowest BCUT2D eigenvalue weighted by molar-refractivity contribution is -0.167. The molecule has 0 unspecified atom stereocenters. The average Bonchev–Trinajstić information content (AvgIpc) is 3.41. The largest absolute Gasteiger partial charge is 0.462 e. The fourth-order valence-electron chi connectivity index (χ4n) is 9.24. The molecule has 0 fully saturated rings. The van der Waals surface area contributed by atoms with E-state index in [4.69, 9.17) is 14.2 Å². The minimum atomic E-state index is -0.795.